The van der Waals surface area contributed by atoms with Gasteiger partial charge in [0.05, 0.1) is 12.2 Å². The smallest absolute Gasteiger partial charge is 0.137 e. The summed E-state index contributed by atoms with van der Waals surface area (Å²) in [5.41, 5.74) is 7.57. The van der Waals surface area contributed by atoms with E-state index in [9.17, 15) is 0 Å². The van der Waals surface area contributed by atoms with Gasteiger partial charge < -0.3 is 15.2 Å². The van der Waals surface area contributed by atoms with Crippen molar-refractivity contribution in [2.45, 2.75) is 13.8 Å². The van der Waals surface area contributed by atoms with Crippen LogP contribution in [0.25, 0.3) is 0 Å². The van der Waals surface area contributed by atoms with Crippen molar-refractivity contribution in [3.63, 3.8) is 0 Å². The maximum atomic E-state index is 5.84. The van der Waals surface area contributed by atoms with Gasteiger partial charge in [-0.2, -0.15) is 0 Å². The molecular formula is C16H17NO2S. The summed E-state index contributed by atoms with van der Waals surface area (Å²) in [6.45, 7) is 4.58. The van der Waals surface area contributed by atoms with Gasteiger partial charge in [-0.05, 0) is 50.2 Å². The molecule has 2 rings (SSSR count). The second kappa shape index (κ2) is 6.39. The standard InChI is InChI=1S/C16H17NO2S/c1-3-18-12-5-7-13(8-6-12)19-15-9-4-11(2)10-14(15)16(17)20/h4-10H,3H2,1-2H3,(H2,17,20). The van der Waals surface area contributed by atoms with Crippen molar-refractivity contribution in [2.75, 3.05) is 6.61 Å². The summed E-state index contributed by atoms with van der Waals surface area (Å²) in [5, 5.41) is 0. The first kappa shape index (κ1) is 14.3. The Bertz CT molecular complexity index is 608. The third-order valence-corrected chi connectivity index (χ3v) is 2.98. The fraction of sp³-hybridized carbons (Fsp3) is 0.188. The predicted molar refractivity (Wildman–Crippen MR) is 84.8 cm³/mol. The van der Waals surface area contributed by atoms with Crippen molar-refractivity contribution in [1.29, 1.82) is 0 Å². The quantitative estimate of drug-likeness (QED) is 0.849. The molecule has 0 unspecified atom stereocenters. The van der Waals surface area contributed by atoms with Gasteiger partial charge in [-0.15, -0.1) is 0 Å². The number of rotatable bonds is 5. The molecule has 4 heteroatoms. The number of aryl methyl sites for hydroxylation is 1. The van der Waals surface area contributed by atoms with E-state index >= 15 is 0 Å². The number of benzene rings is 2. The SMILES string of the molecule is CCOc1ccc(Oc2ccc(C)cc2C(N)=S)cc1. The highest BCUT2D eigenvalue weighted by molar-refractivity contribution is 7.80. The van der Waals surface area contributed by atoms with Crippen LogP contribution in [-0.4, -0.2) is 11.6 Å². The topological polar surface area (TPSA) is 44.5 Å². The minimum absolute atomic E-state index is 0.328. The molecule has 0 aliphatic rings. The number of hydrogen-bond acceptors (Lipinski definition) is 3. The highest BCUT2D eigenvalue weighted by atomic mass is 32.1. The molecule has 0 saturated carbocycles. The van der Waals surface area contributed by atoms with E-state index in [2.05, 4.69) is 0 Å². The summed E-state index contributed by atoms with van der Waals surface area (Å²) < 4.78 is 11.2. The summed E-state index contributed by atoms with van der Waals surface area (Å²) in [5.74, 6) is 2.19. The lowest BCUT2D eigenvalue weighted by Crippen LogP contribution is -2.11. The third kappa shape index (κ3) is 3.48. The minimum atomic E-state index is 0.328. The van der Waals surface area contributed by atoms with Crippen molar-refractivity contribution in [2.24, 2.45) is 5.73 Å². The zero-order chi connectivity index (χ0) is 14.5. The van der Waals surface area contributed by atoms with Crippen molar-refractivity contribution in [3.05, 3.63) is 53.6 Å². The molecule has 3 nitrogen and oxygen atoms in total. The van der Waals surface area contributed by atoms with Crippen LogP contribution in [0.5, 0.6) is 17.2 Å². The van der Waals surface area contributed by atoms with Crippen LogP contribution >= 0.6 is 12.2 Å². The fourth-order valence-electron chi connectivity index (χ4n) is 1.82. The van der Waals surface area contributed by atoms with Crippen LogP contribution in [0, 0.1) is 6.92 Å². The van der Waals surface area contributed by atoms with Crippen LogP contribution in [0.2, 0.25) is 0 Å². The second-order valence-corrected chi connectivity index (χ2v) is 4.81. The molecule has 104 valence electrons. The van der Waals surface area contributed by atoms with Gasteiger partial charge >= 0.3 is 0 Å². The fourth-order valence-corrected chi connectivity index (χ4v) is 1.98. The molecule has 0 amide bonds. The molecule has 0 radical (unpaired) electrons. The zero-order valence-electron chi connectivity index (χ0n) is 11.6. The van der Waals surface area contributed by atoms with Crippen LogP contribution in [0.4, 0.5) is 0 Å². The summed E-state index contributed by atoms with van der Waals surface area (Å²) in [6, 6.07) is 13.2. The number of ether oxygens (including phenoxy) is 2. The number of nitrogens with two attached hydrogens (primary N) is 1. The van der Waals surface area contributed by atoms with E-state index in [0.29, 0.717) is 17.3 Å². The van der Waals surface area contributed by atoms with Gasteiger partial charge in [0.25, 0.3) is 0 Å². The van der Waals surface area contributed by atoms with Crippen LogP contribution in [0.15, 0.2) is 42.5 Å². The monoisotopic (exact) mass is 287 g/mol. The van der Waals surface area contributed by atoms with Crippen LogP contribution in [-0.2, 0) is 0 Å². The molecule has 2 aromatic carbocycles. The average molecular weight is 287 g/mol. The Kier molecular flexibility index (Phi) is 4.58. The first-order valence-corrected chi connectivity index (χ1v) is 6.82. The van der Waals surface area contributed by atoms with Crippen molar-refractivity contribution in [1.82, 2.24) is 0 Å². The van der Waals surface area contributed by atoms with E-state index in [1.165, 1.54) is 0 Å². The molecule has 0 aliphatic carbocycles. The van der Waals surface area contributed by atoms with E-state index < -0.39 is 0 Å². The molecule has 20 heavy (non-hydrogen) atoms. The molecule has 0 atom stereocenters. The van der Waals surface area contributed by atoms with E-state index in [1.807, 2.05) is 56.3 Å². The lowest BCUT2D eigenvalue weighted by molar-refractivity contribution is 0.339. The Hall–Kier alpha value is -2.07. The minimum Gasteiger partial charge on any atom is -0.494 e. The Morgan fingerprint density at radius 3 is 2.35 bits per heavy atom. The summed E-state index contributed by atoms with van der Waals surface area (Å²) in [7, 11) is 0. The molecule has 0 spiro atoms. The van der Waals surface area contributed by atoms with E-state index in [4.69, 9.17) is 27.4 Å². The Morgan fingerprint density at radius 2 is 1.75 bits per heavy atom. The van der Waals surface area contributed by atoms with E-state index in [-0.39, 0.29) is 0 Å². The van der Waals surface area contributed by atoms with Gasteiger partial charge in [-0.25, -0.2) is 0 Å². The van der Waals surface area contributed by atoms with Gasteiger partial charge in [0, 0.05) is 0 Å². The van der Waals surface area contributed by atoms with Crippen LogP contribution in [0.3, 0.4) is 0 Å². The maximum Gasteiger partial charge on any atom is 0.137 e. The Labute approximate surface area is 124 Å². The van der Waals surface area contributed by atoms with Gasteiger partial charge in [0.15, 0.2) is 0 Å². The highest BCUT2D eigenvalue weighted by Crippen LogP contribution is 2.27. The number of thiocarbonyl (C=S) groups is 1. The second-order valence-electron chi connectivity index (χ2n) is 4.37. The molecular weight excluding hydrogens is 270 g/mol. The van der Waals surface area contributed by atoms with E-state index in [1.54, 1.807) is 0 Å². The first-order chi connectivity index (χ1) is 9.60. The molecule has 0 bridgehead atoms. The van der Waals surface area contributed by atoms with Crippen LogP contribution in [0.1, 0.15) is 18.1 Å². The van der Waals surface area contributed by atoms with Gasteiger partial charge in [0.2, 0.25) is 0 Å². The first-order valence-electron chi connectivity index (χ1n) is 6.41. The average Bonchev–Trinajstić information content (AvgIpc) is 2.43. The lowest BCUT2D eigenvalue weighted by atomic mass is 10.1. The third-order valence-electron chi connectivity index (χ3n) is 2.76. The Balaban J connectivity index is 2.23. The maximum absolute atomic E-state index is 5.84. The molecule has 0 saturated heterocycles. The molecule has 2 N–H and O–H groups in total. The van der Waals surface area contributed by atoms with Gasteiger partial charge in [0.1, 0.15) is 22.2 Å². The van der Waals surface area contributed by atoms with Gasteiger partial charge in [-0.3, -0.25) is 0 Å². The summed E-state index contributed by atoms with van der Waals surface area (Å²) in [4.78, 5) is 0.328. The number of hydrogen-bond donors (Lipinski definition) is 1. The Morgan fingerprint density at radius 1 is 1.10 bits per heavy atom. The lowest BCUT2D eigenvalue weighted by Gasteiger charge is -2.11. The summed E-state index contributed by atoms with van der Waals surface area (Å²) >= 11 is 5.06. The molecule has 0 aliphatic heterocycles. The van der Waals surface area contributed by atoms with Crippen molar-refractivity contribution < 1.29 is 9.47 Å². The van der Waals surface area contributed by atoms with Crippen molar-refractivity contribution in [3.8, 4) is 17.2 Å². The zero-order valence-corrected chi connectivity index (χ0v) is 12.4. The molecule has 0 fully saturated rings. The largest absolute Gasteiger partial charge is 0.494 e. The molecule has 2 aromatic rings. The predicted octanol–water partition coefficient (Wildman–Crippen LogP) is 3.82. The molecule has 0 aromatic heterocycles. The normalized spacial score (nSPS) is 10.1. The van der Waals surface area contributed by atoms with Gasteiger partial charge in [-0.1, -0.05) is 23.8 Å². The molecule has 0 heterocycles. The van der Waals surface area contributed by atoms with E-state index in [0.717, 1.165) is 22.6 Å². The highest BCUT2D eigenvalue weighted by Gasteiger charge is 2.08. The summed E-state index contributed by atoms with van der Waals surface area (Å²) in [6.07, 6.45) is 0. The van der Waals surface area contributed by atoms with Crippen molar-refractivity contribution >= 4 is 17.2 Å². The van der Waals surface area contributed by atoms with Crippen LogP contribution < -0.4 is 15.2 Å².